The van der Waals surface area contributed by atoms with Crippen molar-refractivity contribution in [3.05, 3.63) is 46.3 Å². The van der Waals surface area contributed by atoms with Crippen molar-refractivity contribution < 1.29 is 14.3 Å². The van der Waals surface area contributed by atoms with E-state index in [2.05, 4.69) is 5.32 Å². The molecule has 2 N–H and O–H groups in total. The topological polar surface area (TPSA) is 79.5 Å². The predicted molar refractivity (Wildman–Crippen MR) is 71.1 cm³/mol. The molecule has 0 saturated heterocycles. The number of carbonyl (C=O) groups is 1. The van der Waals surface area contributed by atoms with Gasteiger partial charge in [-0.15, -0.1) is 0 Å². The molecule has 0 spiro atoms. The van der Waals surface area contributed by atoms with Gasteiger partial charge in [-0.25, -0.2) is 4.79 Å². The second kappa shape index (κ2) is 5.67. The van der Waals surface area contributed by atoms with E-state index in [-0.39, 0.29) is 12.1 Å². The Kier molecular flexibility index (Phi) is 3.97. The lowest BCUT2D eigenvalue weighted by Crippen LogP contribution is -2.34. The predicted octanol–water partition coefficient (Wildman–Crippen LogP) is 1.29. The van der Waals surface area contributed by atoms with Gasteiger partial charge in [0.25, 0.3) is 5.91 Å². The molecule has 0 aliphatic heterocycles. The third kappa shape index (κ3) is 3.00. The van der Waals surface area contributed by atoms with Crippen LogP contribution < -0.4 is 10.9 Å². The van der Waals surface area contributed by atoms with Crippen LogP contribution in [0.25, 0.3) is 11.0 Å². The first kappa shape index (κ1) is 13.3. The van der Waals surface area contributed by atoms with Gasteiger partial charge in [-0.05, 0) is 18.6 Å². The van der Waals surface area contributed by atoms with E-state index in [1.54, 1.807) is 31.2 Å². The van der Waals surface area contributed by atoms with Crippen LogP contribution in [0.1, 0.15) is 23.7 Å². The van der Waals surface area contributed by atoms with E-state index >= 15 is 0 Å². The standard InChI is InChI=1S/C14H15NO4/c1-2-10(16)8-15-13(17)11-7-9-5-3-4-6-12(9)19-14(11)18/h3-7,10,16H,2,8H2,1H3,(H,15,17)/t10-/m1/s1. The van der Waals surface area contributed by atoms with Crippen LogP contribution in [-0.4, -0.2) is 23.7 Å². The molecular weight excluding hydrogens is 246 g/mol. The van der Waals surface area contributed by atoms with Crippen molar-refractivity contribution in [2.24, 2.45) is 0 Å². The molecule has 0 saturated carbocycles. The molecule has 1 amide bonds. The molecule has 1 aromatic heterocycles. The number of carbonyl (C=O) groups excluding carboxylic acids is 1. The lowest BCUT2D eigenvalue weighted by molar-refractivity contribution is 0.0910. The minimum Gasteiger partial charge on any atom is -0.422 e. The van der Waals surface area contributed by atoms with Crippen LogP contribution in [0, 0.1) is 0 Å². The van der Waals surface area contributed by atoms with Crippen LogP contribution >= 0.6 is 0 Å². The van der Waals surface area contributed by atoms with Crippen LogP contribution in [0.4, 0.5) is 0 Å². The minimum absolute atomic E-state index is 0.0537. The molecule has 0 fully saturated rings. The smallest absolute Gasteiger partial charge is 0.349 e. The monoisotopic (exact) mass is 261 g/mol. The second-order valence-corrected chi connectivity index (χ2v) is 4.26. The Balaban J connectivity index is 2.27. The van der Waals surface area contributed by atoms with E-state index in [1.807, 2.05) is 0 Å². The summed E-state index contributed by atoms with van der Waals surface area (Å²) in [5.41, 5.74) is -0.290. The van der Waals surface area contributed by atoms with Gasteiger partial charge in [-0.1, -0.05) is 25.1 Å². The second-order valence-electron chi connectivity index (χ2n) is 4.26. The SMILES string of the molecule is CC[C@@H](O)CNC(=O)c1cc2ccccc2oc1=O. The van der Waals surface area contributed by atoms with Gasteiger partial charge in [-0.2, -0.15) is 0 Å². The number of rotatable bonds is 4. The summed E-state index contributed by atoms with van der Waals surface area (Å²) in [6.07, 6.45) is -0.0801. The van der Waals surface area contributed by atoms with Gasteiger partial charge in [0.2, 0.25) is 0 Å². The molecule has 0 aliphatic carbocycles. The number of aliphatic hydroxyl groups excluding tert-OH is 1. The molecule has 1 aromatic carbocycles. The molecule has 1 atom stereocenters. The Labute approximate surface area is 109 Å². The van der Waals surface area contributed by atoms with Gasteiger partial charge in [0.15, 0.2) is 0 Å². The number of para-hydroxylation sites is 1. The lowest BCUT2D eigenvalue weighted by atomic mass is 10.1. The van der Waals surface area contributed by atoms with E-state index in [0.717, 1.165) is 0 Å². The number of aliphatic hydroxyl groups is 1. The normalized spacial score (nSPS) is 12.3. The van der Waals surface area contributed by atoms with Crippen molar-refractivity contribution >= 4 is 16.9 Å². The van der Waals surface area contributed by atoms with E-state index in [4.69, 9.17) is 4.42 Å². The largest absolute Gasteiger partial charge is 0.422 e. The van der Waals surface area contributed by atoms with E-state index in [1.165, 1.54) is 6.07 Å². The van der Waals surface area contributed by atoms with Crippen molar-refractivity contribution in [3.63, 3.8) is 0 Å². The third-order valence-electron chi connectivity index (χ3n) is 2.86. The van der Waals surface area contributed by atoms with Crippen molar-refractivity contribution in [2.75, 3.05) is 6.54 Å². The van der Waals surface area contributed by atoms with E-state index in [0.29, 0.717) is 17.4 Å². The Morgan fingerprint density at radius 3 is 2.89 bits per heavy atom. The summed E-state index contributed by atoms with van der Waals surface area (Å²) in [5, 5.41) is 12.6. The molecule has 5 nitrogen and oxygen atoms in total. The Morgan fingerprint density at radius 2 is 2.16 bits per heavy atom. The van der Waals surface area contributed by atoms with Crippen LogP contribution in [-0.2, 0) is 0 Å². The molecule has 0 bridgehead atoms. The number of benzene rings is 1. The average Bonchev–Trinajstić information content (AvgIpc) is 2.43. The summed E-state index contributed by atoms with van der Waals surface area (Å²) in [6, 6.07) is 8.47. The summed E-state index contributed by atoms with van der Waals surface area (Å²) in [4.78, 5) is 23.5. The highest BCUT2D eigenvalue weighted by Gasteiger charge is 2.14. The number of amides is 1. The highest BCUT2D eigenvalue weighted by molar-refractivity contribution is 5.96. The number of fused-ring (bicyclic) bond motifs is 1. The van der Waals surface area contributed by atoms with Gasteiger partial charge in [0.1, 0.15) is 11.1 Å². The molecule has 19 heavy (non-hydrogen) atoms. The summed E-state index contributed by atoms with van der Waals surface area (Å²) in [7, 11) is 0. The van der Waals surface area contributed by atoms with Gasteiger partial charge in [-0.3, -0.25) is 4.79 Å². The first-order chi connectivity index (χ1) is 9.11. The highest BCUT2D eigenvalue weighted by atomic mass is 16.4. The molecular formula is C14H15NO4. The Bertz CT molecular complexity index is 647. The summed E-state index contributed by atoms with van der Waals surface area (Å²) in [6.45, 7) is 1.92. The van der Waals surface area contributed by atoms with Crippen molar-refractivity contribution in [2.45, 2.75) is 19.4 Å². The molecule has 100 valence electrons. The quantitative estimate of drug-likeness (QED) is 0.813. The Morgan fingerprint density at radius 1 is 1.42 bits per heavy atom. The van der Waals surface area contributed by atoms with Crippen molar-refractivity contribution in [1.82, 2.24) is 5.32 Å². The third-order valence-corrected chi connectivity index (χ3v) is 2.86. The fraction of sp³-hybridized carbons (Fsp3) is 0.286. The van der Waals surface area contributed by atoms with E-state index < -0.39 is 17.6 Å². The molecule has 2 rings (SSSR count). The fourth-order valence-electron chi connectivity index (χ4n) is 1.67. The summed E-state index contributed by atoms with van der Waals surface area (Å²) < 4.78 is 5.07. The summed E-state index contributed by atoms with van der Waals surface area (Å²) in [5.74, 6) is -0.535. The lowest BCUT2D eigenvalue weighted by Gasteiger charge is -2.09. The van der Waals surface area contributed by atoms with E-state index in [9.17, 15) is 14.7 Å². The zero-order valence-electron chi connectivity index (χ0n) is 10.6. The average molecular weight is 261 g/mol. The zero-order valence-corrected chi connectivity index (χ0v) is 10.6. The molecule has 0 unspecified atom stereocenters. The van der Waals surface area contributed by atoms with Crippen LogP contribution in [0.5, 0.6) is 0 Å². The van der Waals surface area contributed by atoms with Crippen LogP contribution in [0.15, 0.2) is 39.5 Å². The van der Waals surface area contributed by atoms with Crippen molar-refractivity contribution in [1.29, 1.82) is 0 Å². The molecule has 1 heterocycles. The molecule has 5 heteroatoms. The van der Waals surface area contributed by atoms with Crippen LogP contribution in [0.3, 0.4) is 0 Å². The van der Waals surface area contributed by atoms with Gasteiger partial charge in [0, 0.05) is 11.9 Å². The number of hydrogen-bond donors (Lipinski definition) is 2. The number of hydrogen-bond acceptors (Lipinski definition) is 4. The van der Waals surface area contributed by atoms with Gasteiger partial charge >= 0.3 is 5.63 Å². The maximum atomic E-state index is 11.8. The van der Waals surface area contributed by atoms with Gasteiger partial charge < -0.3 is 14.8 Å². The summed E-state index contributed by atoms with van der Waals surface area (Å²) >= 11 is 0. The van der Waals surface area contributed by atoms with Gasteiger partial charge in [0.05, 0.1) is 6.10 Å². The fourth-order valence-corrected chi connectivity index (χ4v) is 1.67. The first-order valence-corrected chi connectivity index (χ1v) is 6.11. The molecule has 2 aromatic rings. The molecule has 0 radical (unpaired) electrons. The van der Waals surface area contributed by atoms with Crippen molar-refractivity contribution in [3.8, 4) is 0 Å². The first-order valence-electron chi connectivity index (χ1n) is 6.11. The maximum Gasteiger partial charge on any atom is 0.349 e. The maximum absolute atomic E-state index is 11.8. The van der Waals surface area contributed by atoms with Crippen LogP contribution in [0.2, 0.25) is 0 Å². The minimum atomic E-state index is -0.679. The highest BCUT2D eigenvalue weighted by Crippen LogP contribution is 2.12. The zero-order chi connectivity index (χ0) is 13.8. The number of nitrogens with one attached hydrogen (secondary N) is 1. The Hall–Kier alpha value is -2.14. The molecule has 0 aliphatic rings.